The van der Waals surface area contributed by atoms with Crippen molar-refractivity contribution in [3.05, 3.63) is 65.5 Å². The summed E-state index contributed by atoms with van der Waals surface area (Å²) < 4.78 is 0. The van der Waals surface area contributed by atoms with E-state index in [1.54, 1.807) is 0 Å². The third-order valence-electron chi connectivity index (χ3n) is 7.33. The zero-order chi connectivity index (χ0) is 20.4. The van der Waals surface area contributed by atoms with Gasteiger partial charge in [0, 0.05) is 11.6 Å². The number of fused-ring (bicyclic) bond motifs is 6. The topological polar surface area (TPSA) is 54.9 Å². The normalized spacial score (nSPS) is 24.1. The Morgan fingerprint density at radius 2 is 1.69 bits per heavy atom. The van der Waals surface area contributed by atoms with Crippen LogP contribution in [0.3, 0.4) is 0 Å². The highest BCUT2D eigenvalue weighted by Crippen LogP contribution is 2.67. The molecule has 5 rings (SSSR count). The molecule has 1 saturated carbocycles. The molecule has 148 valence electrons. The van der Waals surface area contributed by atoms with Crippen LogP contribution in [-0.4, -0.2) is 15.9 Å². The minimum Gasteiger partial charge on any atom is -0.325 e. The molecule has 1 aromatic heterocycles. The van der Waals surface area contributed by atoms with E-state index in [1.165, 1.54) is 5.56 Å². The fraction of sp³-hybridized carbons (Fsp3) is 0.400. The quantitative estimate of drug-likeness (QED) is 0.643. The molecule has 2 aromatic carbocycles. The van der Waals surface area contributed by atoms with Crippen molar-refractivity contribution in [2.75, 3.05) is 5.32 Å². The second-order valence-electron chi connectivity index (χ2n) is 9.40. The summed E-state index contributed by atoms with van der Waals surface area (Å²) in [6, 6.07) is 16.2. The molecule has 2 unspecified atom stereocenters. The van der Waals surface area contributed by atoms with Gasteiger partial charge in [-0.15, -0.1) is 0 Å². The summed E-state index contributed by atoms with van der Waals surface area (Å²) in [5.41, 5.74) is 4.94. The van der Waals surface area contributed by atoms with Crippen molar-refractivity contribution >= 4 is 22.6 Å². The van der Waals surface area contributed by atoms with Gasteiger partial charge in [-0.25, -0.2) is 9.97 Å². The lowest BCUT2D eigenvalue weighted by atomic mass is 9.67. The highest BCUT2D eigenvalue weighted by atomic mass is 16.2. The van der Waals surface area contributed by atoms with Crippen LogP contribution in [0.4, 0.5) is 5.69 Å². The molecule has 2 aliphatic carbocycles. The van der Waals surface area contributed by atoms with Crippen molar-refractivity contribution in [2.45, 2.75) is 57.8 Å². The van der Waals surface area contributed by atoms with E-state index in [-0.39, 0.29) is 17.2 Å². The molecular weight excluding hydrogens is 358 g/mol. The Hall–Kier alpha value is -2.75. The van der Waals surface area contributed by atoms with Crippen LogP contribution in [0, 0.1) is 5.41 Å². The smallest absolute Gasteiger partial charge is 0.237 e. The molecule has 1 fully saturated rings. The average Bonchev–Trinajstić information content (AvgIpc) is 3.08. The average molecular weight is 386 g/mol. The van der Waals surface area contributed by atoms with Crippen molar-refractivity contribution in [3.63, 3.8) is 0 Å². The Bertz CT molecular complexity index is 1120. The van der Waals surface area contributed by atoms with Crippen LogP contribution in [0.1, 0.15) is 69.3 Å². The molecule has 29 heavy (non-hydrogen) atoms. The van der Waals surface area contributed by atoms with Gasteiger partial charge in [0.2, 0.25) is 5.91 Å². The lowest BCUT2D eigenvalue weighted by Gasteiger charge is -2.36. The van der Waals surface area contributed by atoms with Crippen LogP contribution >= 0.6 is 0 Å². The molecule has 4 heteroatoms. The standard InChI is InChI=1S/C25H27N3O/c1-15(2)16-9-11-17(12-10-16)26-23(29)25-14-13-18(24(25,3)4)21-22(25)28-20-8-6-5-7-19(20)27-21/h5-12,15,18H,13-14H2,1-4H3,(H,26,29). The zero-order valence-corrected chi connectivity index (χ0v) is 17.5. The Labute approximate surface area is 171 Å². The summed E-state index contributed by atoms with van der Waals surface area (Å²) in [5, 5.41) is 3.21. The van der Waals surface area contributed by atoms with Crippen LogP contribution in [0.5, 0.6) is 0 Å². The molecule has 1 amide bonds. The van der Waals surface area contributed by atoms with Gasteiger partial charge in [0.05, 0.1) is 27.8 Å². The summed E-state index contributed by atoms with van der Waals surface area (Å²) >= 11 is 0. The molecule has 0 radical (unpaired) electrons. The summed E-state index contributed by atoms with van der Waals surface area (Å²) in [5.74, 6) is 0.785. The Balaban J connectivity index is 1.58. The van der Waals surface area contributed by atoms with Crippen molar-refractivity contribution < 1.29 is 4.79 Å². The second kappa shape index (κ2) is 6.12. The van der Waals surface area contributed by atoms with Gasteiger partial charge in [0.1, 0.15) is 0 Å². The van der Waals surface area contributed by atoms with E-state index in [0.717, 1.165) is 41.0 Å². The maximum Gasteiger partial charge on any atom is 0.237 e. The third-order valence-corrected chi connectivity index (χ3v) is 7.33. The van der Waals surface area contributed by atoms with Crippen molar-refractivity contribution in [3.8, 4) is 0 Å². The number of rotatable bonds is 3. The minimum atomic E-state index is -0.638. The fourth-order valence-electron chi connectivity index (χ4n) is 5.52. The van der Waals surface area contributed by atoms with E-state index >= 15 is 0 Å². The fourth-order valence-corrected chi connectivity index (χ4v) is 5.52. The van der Waals surface area contributed by atoms with Gasteiger partial charge in [0.25, 0.3) is 0 Å². The van der Waals surface area contributed by atoms with Crippen LogP contribution in [-0.2, 0) is 10.2 Å². The third kappa shape index (κ3) is 2.41. The van der Waals surface area contributed by atoms with E-state index in [9.17, 15) is 4.79 Å². The summed E-state index contributed by atoms with van der Waals surface area (Å²) in [4.78, 5) is 23.7. The van der Waals surface area contributed by atoms with Crippen LogP contribution < -0.4 is 5.32 Å². The predicted octanol–water partition coefficient (Wildman–Crippen LogP) is 5.55. The molecule has 2 bridgehead atoms. The number of amides is 1. The number of carbonyl (C=O) groups is 1. The minimum absolute atomic E-state index is 0.0469. The summed E-state index contributed by atoms with van der Waals surface area (Å²) in [6.07, 6.45) is 1.80. The van der Waals surface area contributed by atoms with E-state index in [4.69, 9.17) is 9.97 Å². The van der Waals surface area contributed by atoms with E-state index in [2.05, 4.69) is 45.1 Å². The summed E-state index contributed by atoms with van der Waals surface area (Å²) in [6.45, 7) is 8.76. The molecule has 1 N–H and O–H groups in total. The van der Waals surface area contributed by atoms with Gasteiger partial charge < -0.3 is 5.32 Å². The van der Waals surface area contributed by atoms with Crippen molar-refractivity contribution in [1.29, 1.82) is 0 Å². The van der Waals surface area contributed by atoms with Crippen molar-refractivity contribution in [2.24, 2.45) is 5.41 Å². The maximum absolute atomic E-state index is 13.7. The highest BCUT2D eigenvalue weighted by molar-refractivity contribution is 6.01. The number of aromatic nitrogens is 2. The lowest BCUT2D eigenvalue weighted by molar-refractivity contribution is -0.124. The first-order chi connectivity index (χ1) is 13.8. The van der Waals surface area contributed by atoms with E-state index in [0.29, 0.717) is 5.92 Å². The Morgan fingerprint density at radius 3 is 2.34 bits per heavy atom. The first kappa shape index (κ1) is 18.3. The Kier molecular flexibility index (Phi) is 3.86. The predicted molar refractivity (Wildman–Crippen MR) is 116 cm³/mol. The van der Waals surface area contributed by atoms with Crippen LogP contribution in [0.25, 0.3) is 11.0 Å². The van der Waals surface area contributed by atoms with Gasteiger partial charge in [-0.3, -0.25) is 4.79 Å². The number of anilines is 1. The molecule has 0 aliphatic heterocycles. The first-order valence-corrected chi connectivity index (χ1v) is 10.5. The molecule has 2 aliphatic rings. The molecule has 4 nitrogen and oxygen atoms in total. The van der Waals surface area contributed by atoms with Gasteiger partial charge >= 0.3 is 0 Å². The van der Waals surface area contributed by atoms with Gasteiger partial charge in [0.15, 0.2) is 0 Å². The van der Waals surface area contributed by atoms with Crippen LogP contribution in [0.15, 0.2) is 48.5 Å². The van der Waals surface area contributed by atoms with Gasteiger partial charge in [-0.1, -0.05) is 52.0 Å². The molecule has 0 spiro atoms. The molecule has 2 atom stereocenters. The number of hydrogen-bond acceptors (Lipinski definition) is 3. The van der Waals surface area contributed by atoms with Gasteiger partial charge in [-0.2, -0.15) is 0 Å². The number of benzene rings is 2. The largest absolute Gasteiger partial charge is 0.325 e. The zero-order valence-electron chi connectivity index (χ0n) is 17.5. The highest BCUT2D eigenvalue weighted by Gasteiger charge is 2.67. The molecule has 3 aromatic rings. The van der Waals surface area contributed by atoms with E-state index in [1.807, 2.05) is 36.4 Å². The Morgan fingerprint density at radius 1 is 1.03 bits per heavy atom. The SMILES string of the molecule is CC(C)c1ccc(NC(=O)C23CCC(c4nc5ccccc5nc42)C3(C)C)cc1. The monoisotopic (exact) mass is 385 g/mol. The number of nitrogens with zero attached hydrogens (tertiary/aromatic N) is 2. The maximum atomic E-state index is 13.7. The second-order valence-corrected chi connectivity index (χ2v) is 9.40. The number of hydrogen-bond donors (Lipinski definition) is 1. The number of para-hydroxylation sites is 2. The number of nitrogens with one attached hydrogen (secondary N) is 1. The molecule has 0 saturated heterocycles. The summed E-state index contributed by atoms with van der Waals surface area (Å²) in [7, 11) is 0. The first-order valence-electron chi connectivity index (χ1n) is 10.5. The lowest BCUT2D eigenvalue weighted by Crippen LogP contribution is -2.46. The van der Waals surface area contributed by atoms with Gasteiger partial charge in [-0.05, 0) is 54.0 Å². The van der Waals surface area contributed by atoms with Crippen LogP contribution in [0.2, 0.25) is 0 Å². The van der Waals surface area contributed by atoms with E-state index < -0.39 is 5.41 Å². The molecule has 1 heterocycles. The molecular formula is C25H27N3O. The number of carbonyl (C=O) groups excluding carboxylic acids is 1. The van der Waals surface area contributed by atoms with Crippen molar-refractivity contribution in [1.82, 2.24) is 9.97 Å².